The molecule has 0 aliphatic heterocycles. The minimum absolute atomic E-state index is 0.0328. The highest BCUT2D eigenvalue weighted by Crippen LogP contribution is 2.40. The van der Waals surface area contributed by atoms with E-state index in [-0.39, 0.29) is 5.91 Å². The van der Waals surface area contributed by atoms with Crippen LogP contribution in [0.25, 0.3) is 0 Å². The lowest BCUT2D eigenvalue weighted by molar-refractivity contribution is -0.116. The zero-order valence-electron chi connectivity index (χ0n) is 15.0. The summed E-state index contributed by atoms with van der Waals surface area (Å²) in [4.78, 5) is 12.4. The van der Waals surface area contributed by atoms with E-state index in [1.165, 1.54) is 12.8 Å². The van der Waals surface area contributed by atoms with Crippen LogP contribution in [0.3, 0.4) is 0 Å². The van der Waals surface area contributed by atoms with Crippen molar-refractivity contribution in [2.24, 2.45) is 5.92 Å². The fourth-order valence-electron chi connectivity index (χ4n) is 3.05. The van der Waals surface area contributed by atoms with E-state index in [1.807, 2.05) is 28.9 Å². The lowest BCUT2D eigenvalue weighted by Gasteiger charge is -2.15. The quantitative estimate of drug-likeness (QED) is 0.797. The molecule has 0 bridgehead atoms. The molecule has 6 heteroatoms. The fourth-order valence-corrected chi connectivity index (χ4v) is 3.05. The van der Waals surface area contributed by atoms with Crippen molar-refractivity contribution in [3.63, 3.8) is 0 Å². The molecule has 134 valence electrons. The summed E-state index contributed by atoms with van der Waals surface area (Å²) in [6.45, 7) is 2.15. The van der Waals surface area contributed by atoms with E-state index in [9.17, 15) is 4.79 Å². The number of carbonyl (C=O) groups excluding carboxylic acids is 1. The Morgan fingerprint density at radius 1 is 1.32 bits per heavy atom. The third-order valence-corrected chi connectivity index (χ3v) is 4.74. The molecule has 1 saturated carbocycles. The monoisotopic (exact) mass is 343 g/mol. The summed E-state index contributed by atoms with van der Waals surface area (Å²) in [6, 6.07) is 7.79. The molecule has 2 aromatic rings. The highest BCUT2D eigenvalue weighted by atomic mass is 16.5. The van der Waals surface area contributed by atoms with Crippen molar-refractivity contribution < 1.29 is 14.3 Å². The average Bonchev–Trinajstić information content (AvgIpc) is 3.38. The van der Waals surface area contributed by atoms with Gasteiger partial charge in [-0.15, -0.1) is 0 Å². The molecule has 1 fully saturated rings. The predicted octanol–water partition coefficient (Wildman–Crippen LogP) is 3.44. The van der Waals surface area contributed by atoms with Crippen LogP contribution in [0.4, 0.5) is 5.82 Å². The summed E-state index contributed by atoms with van der Waals surface area (Å²) in [5.41, 5.74) is 0.955. The number of hydrogen-bond donors (Lipinski definition) is 1. The van der Waals surface area contributed by atoms with Gasteiger partial charge in [-0.3, -0.25) is 4.79 Å². The summed E-state index contributed by atoms with van der Waals surface area (Å²) in [5, 5.41) is 7.34. The standard InChI is InChI=1S/C19H25N3O3/c1-13(14-4-5-14)22-18(10-11-20-22)21-19(23)9-6-15-12-16(24-2)7-8-17(15)25-3/h7-8,10-14H,4-6,9H2,1-3H3,(H,21,23). The molecule has 25 heavy (non-hydrogen) atoms. The van der Waals surface area contributed by atoms with Crippen LogP contribution in [0, 0.1) is 5.92 Å². The molecule has 1 aliphatic carbocycles. The van der Waals surface area contributed by atoms with Crippen LogP contribution in [0.2, 0.25) is 0 Å². The summed E-state index contributed by atoms with van der Waals surface area (Å²) < 4.78 is 12.5. The molecule has 1 atom stereocenters. The van der Waals surface area contributed by atoms with Crippen molar-refractivity contribution in [1.82, 2.24) is 9.78 Å². The number of nitrogens with zero attached hydrogens (tertiary/aromatic N) is 2. The van der Waals surface area contributed by atoms with Gasteiger partial charge in [0.25, 0.3) is 0 Å². The van der Waals surface area contributed by atoms with Crippen LogP contribution in [0.1, 0.15) is 37.8 Å². The first-order valence-electron chi connectivity index (χ1n) is 8.66. The lowest BCUT2D eigenvalue weighted by atomic mass is 10.1. The highest BCUT2D eigenvalue weighted by molar-refractivity contribution is 5.90. The fraction of sp³-hybridized carbons (Fsp3) is 0.474. The van der Waals surface area contributed by atoms with Crippen LogP contribution in [-0.4, -0.2) is 29.9 Å². The van der Waals surface area contributed by atoms with E-state index in [0.717, 1.165) is 22.9 Å². The van der Waals surface area contributed by atoms with Gasteiger partial charge in [-0.1, -0.05) is 0 Å². The topological polar surface area (TPSA) is 65.4 Å². The molecule has 1 aliphatic rings. The smallest absolute Gasteiger partial charge is 0.225 e. The number of amides is 1. The minimum atomic E-state index is -0.0328. The zero-order valence-corrected chi connectivity index (χ0v) is 15.0. The second-order valence-electron chi connectivity index (χ2n) is 6.47. The molecule has 1 aromatic heterocycles. The lowest BCUT2D eigenvalue weighted by Crippen LogP contribution is -2.18. The highest BCUT2D eigenvalue weighted by Gasteiger charge is 2.30. The molecule has 1 amide bonds. The molecule has 3 rings (SSSR count). The molecule has 1 N–H and O–H groups in total. The van der Waals surface area contributed by atoms with Crippen LogP contribution in [0.15, 0.2) is 30.5 Å². The Hall–Kier alpha value is -2.50. The van der Waals surface area contributed by atoms with Gasteiger partial charge >= 0.3 is 0 Å². The van der Waals surface area contributed by atoms with E-state index in [0.29, 0.717) is 24.8 Å². The van der Waals surface area contributed by atoms with E-state index in [1.54, 1.807) is 20.4 Å². The maximum atomic E-state index is 12.4. The maximum Gasteiger partial charge on any atom is 0.225 e. The molecule has 1 unspecified atom stereocenters. The normalized spacial score (nSPS) is 14.8. The summed E-state index contributed by atoms with van der Waals surface area (Å²) in [6.07, 6.45) is 5.17. The first kappa shape index (κ1) is 17.3. The van der Waals surface area contributed by atoms with E-state index < -0.39 is 0 Å². The molecular weight excluding hydrogens is 318 g/mol. The Morgan fingerprint density at radius 2 is 2.12 bits per heavy atom. The maximum absolute atomic E-state index is 12.4. The van der Waals surface area contributed by atoms with Gasteiger partial charge in [0.05, 0.1) is 26.5 Å². The third-order valence-electron chi connectivity index (χ3n) is 4.74. The predicted molar refractivity (Wildman–Crippen MR) is 96.2 cm³/mol. The van der Waals surface area contributed by atoms with Crippen molar-refractivity contribution >= 4 is 11.7 Å². The largest absolute Gasteiger partial charge is 0.497 e. The van der Waals surface area contributed by atoms with E-state index >= 15 is 0 Å². The van der Waals surface area contributed by atoms with Crippen LogP contribution >= 0.6 is 0 Å². The number of methoxy groups -OCH3 is 2. The van der Waals surface area contributed by atoms with E-state index in [4.69, 9.17) is 9.47 Å². The second kappa shape index (κ2) is 7.59. The Bertz CT molecular complexity index is 737. The summed E-state index contributed by atoms with van der Waals surface area (Å²) >= 11 is 0. The molecular formula is C19H25N3O3. The van der Waals surface area contributed by atoms with Crippen molar-refractivity contribution in [1.29, 1.82) is 0 Å². The number of aryl methyl sites for hydroxylation is 1. The number of carbonyl (C=O) groups is 1. The summed E-state index contributed by atoms with van der Waals surface area (Å²) in [7, 11) is 3.25. The van der Waals surface area contributed by atoms with Gasteiger partial charge in [-0.05, 0) is 55.9 Å². The van der Waals surface area contributed by atoms with Crippen LogP contribution in [0.5, 0.6) is 11.5 Å². The number of hydrogen-bond acceptors (Lipinski definition) is 4. The molecule has 1 aromatic carbocycles. The van der Waals surface area contributed by atoms with Gasteiger partial charge in [0, 0.05) is 12.5 Å². The molecule has 1 heterocycles. The number of rotatable bonds is 8. The molecule has 6 nitrogen and oxygen atoms in total. The average molecular weight is 343 g/mol. The molecule has 0 saturated heterocycles. The van der Waals surface area contributed by atoms with Crippen molar-refractivity contribution in [2.45, 2.75) is 38.6 Å². The first-order chi connectivity index (χ1) is 12.1. The molecule has 0 spiro atoms. The van der Waals surface area contributed by atoms with Crippen molar-refractivity contribution in [3.8, 4) is 11.5 Å². The number of aromatic nitrogens is 2. The van der Waals surface area contributed by atoms with Crippen LogP contribution in [-0.2, 0) is 11.2 Å². The number of benzene rings is 1. The SMILES string of the molecule is COc1ccc(OC)c(CCC(=O)Nc2ccnn2C(C)C2CC2)c1. The molecule has 0 radical (unpaired) electrons. The van der Waals surface area contributed by atoms with Gasteiger partial charge in [-0.2, -0.15) is 5.10 Å². The van der Waals surface area contributed by atoms with Gasteiger partial charge in [0.1, 0.15) is 17.3 Å². The van der Waals surface area contributed by atoms with E-state index in [2.05, 4.69) is 17.3 Å². The zero-order chi connectivity index (χ0) is 17.8. The van der Waals surface area contributed by atoms with Gasteiger partial charge < -0.3 is 14.8 Å². The Kier molecular flexibility index (Phi) is 5.26. The van der Waals surface area contributed by atoms with Crippen molar-refractivity contribution in [3.05, 3.63) is 36.0 Å². The Balaban J connectivity index is 1.61. The minimum Gasteiger partial charge on any atom is -0.497 e. The first-order valence-corrected chi connectivity index (χ1v) is 8.66. The second-order valence-corrected chi connectivity index (χ2v) is 6.47. The number of ether oxygens (including phenoxy) is 2. The third kappa shape index (κ3) is 4.13. The van der Waals surface area contributed by atoms with Crippen LogP contribution < -0.4 is 14.8 Å². The summed E-state index contributed by atoms with van der Waals surface area (Å²) in [5.74, 6) is 2.93. The number of nitrogens with one attached hydrogen (secondary N) is 1. The Morgan fingerprint density at radius 3 is 2.80 bits per heavy atom. The van der Waals surface area contributed by atoms with Crippen molar-refractivity contribution in [2.75, 3.05) is 19.5 Å². The number of anilines is 1. The van der Waals surface area contributed by atoms with Gasteiger partial charge in [0.2, 0.25) is 5.91 Å². The Labute approximate surface area is 148 Å². The van der Waals surface area contributed by atoms with Gasteiger partial charge in [-0.25, -0.2) is 4.68 Å². The van der Waals surface area contributed by atoms with Gasteiger partial charge in [0.15, 0.2) is 0 Å².